The average Bonchev–Trinajstić information content (AvgIpc) is 2.18. The lowest BCUT2D eigenvalue weighted by Gasteiger charge is -2.31. The molecule has 0 radical (unpaired) electrons. The highest BCUT2D eigenvalue weighted by Gasteiger charge is 2.25. The molecule has 1 heteroatoms. The monoisotopic (exact) mass is 217 g/mol. The Kier molecular flexibility index (Phi) is 3.65. The van der Waals surface area contributed by atoms with Gasteiger partial charge in [0.15, 0.2) is 0 Å². The molecule has 0 heterocycles. The Morgan fingerprint density at radius 2 is 2.00 bits per heavy atom. The van der Waals surface area contributed by atoms with Crippen LogP contribution in [0.3, 0.4) is 0 Å². The highest BCUT2D eigenvalue weighted by molar-refractivity contribution is 5.40. The molecule has 1 aromatic carbocycles. The standard InChI is InChI=1S/C15H23N/c1-11(2)8-12(3)16-10-14-9-13-6-4-5-7-15(13)14/h4-7,11-12,14,16H,8-10H2,1-3H3. The SMILES string of the molecule is CC(C)CC(C)NCC1Cc2ccccc21. The van der Waals surface area contributed by atoms with Crippen LogP contribution in [-0.4, -0.2) is 12.6 Å². The van der Waals surface area contributed by atoms with Gasteiger partial charge in [-0.2, -0.15) is 0 Å². The van der Waals surface area contributed by atoms with Crippen molar-refractivity contribution in [3.63, 3.8) is 0 Å². The molecule has 1 aromatic rings. The van der Waals surface area contributed by atoms with Gasteiger partial charge in [0.1, 0.15) is 0 Å². The molecule has 2 rings (SSSR count). The molecule has 0 fully saturated rings. The molecule has 0 saturated heterocycles. The van der Waals surface area contributed by atoms with Crippen LogP contribution < -0.4 is 5.32 Å². The van der Waals surface area contributed by atoms with Gasteiger partial charge < -0.3 is 5.32 Å². The first-order valence-electron chi connectivity index (χ1n) is 6.48. The zero-order valence-corrected chi connectivity index (χ0v) is 10.7. The topological polar surface area (TPSA) is 12.0 Å². The Hall–Kier alpha value is -0.820. The number of benzene rings is 1. The molecule has 2 unspecified atom stereocenters. The molecule has 0 spiro atoms. The summed E-state index contributed by atoms with van der Waals surface area (Å²) in [5.41, 5.74) is 3.11. The lowest BCUT2D eigenvalue weighted by Crippen LogP contribution is -2.35. The minimum atomic E-state index is 0.646. The van der Waals surface area contributed by atoms with E-state index in [9.17, 15) is 0 Å². The lowest BCUT2D eigenvalue weighted by atomic mass is 9.77. The zero-order valence-electron chi connectivity index (χ0n) is 10.7. The van der Waals surface area contributed by atoms with Crippen LogP contribution in [0.4, 0.5) is 0 Å². The predicted octanol–water partition coefficient (Wildman–Crippen LogP) is 3.35. The molecule has 0 aromatic heterocycles. The van der Waals surface area contributed by atoms with Crippen LogP contribution in [-0.2, 0) is 6.42 Å². The third-order valence-corrected chi connectivity index (χ3v) is 3.50. The van der Waals surface area contributed by atoms with Crippen molar-refractivity contribution in [1.82, 2.24) is 5.32 Å². The van der Waals surface area contributed by atoms with Gasteiger partial charge in [-0.15, -0.1) is 0 Å². The number of fused-ring (bicyclic) bond motifs is 1. The van der Waals surface area contributed by atoms with Gasteiger partial charge in [-0.05, 0) is 36.8 Å². The summed E-state index contributed by atoms with van der Waals surface area (Å²) >= 11 is 0. The normalized spacial score (nSPS) is 20.4. The zero-order chi connectivity index (χ0) is 11.5. The largest absolute Gasteiger partial charge is 0.314 e. The van der Waals surface area contributed by atoms with E-state index < -0.39 is 0 Å². The second-order valence-electron chi connectivity index (χ2n) is 5.54. The Balaban J connectivity index is 1.77. The summed E-state index contributed by atoms with van der Waals surface area (Å²) in [6.45, 7) is 8.02. The van der Waals surface area contributed by atoms with Gasteiger partial charge in [0.05, 0.1) is 0 Å². The molecular formula is C15H23N. The van der Waals surface area contributed by atoms with Crippen LogP contribution >= 0.6 is 0 Å². The smallest absolute Gasteiger partial charge is 0.00414 e. The van der Waals surface area contributed by atoms with Crippen LogP contribution in [0.2, 0.25) is 0 Å². The van der Waals surface area contributed by atoms with Crippen molar-refractivity contribution in [3.05, 3.63) is 35.4 Å². The summed E-state index contributed by atoms with van der Waals surface area (Å²) in [5, 5.41) is 3.66. The molecule has 1 nitrogen and oxygen atoms in total. The predicted molar refractivity (Wildman–Crippen MR) is 69.8 cm³/mol. The summed E-state index contributed by atoms with van der Waals surface area (Å²) in [5.74, 6) is 1.54. The van der Waals surface area contributed by atoms with E-state index in [1.54, 1.807) is 11.1 Å². The van der Waals surface area contributed by atoms with E-state index in [1.807, 2.05) is 0 Å². The third kappa shape index (κ3) is 2.65. The summed E-state index contributed by atoms with van der Waals surface area (Å²) in [6, 6.07) is 9.47. The fourth-order valence-corrected chi connectivity index (χ4v) is 2.68. The molecule has 16 heavy (non-hydrogen) atoms. The average molecular weight is 217 g/mol. The third-order valence-electron chi connectivity index (χ3n) is 3.50. The van der Waals surface area contributed by atoms with Crippen molar-refractivity contribution >= 4 is 0 Å². The van der Waals surface area contributed by atoms with Crippen LogP contribution in [0, 0.1) is 5.92 Å². The van der Waals surface area contributed by atoms with Crippen molar-refractivity contribution < 1.29 is 0 Å². The summed E-state index contributed by atoms with van der Waals surface area (Å²) in [7, 11) is 0. The van der Waals surface area contributed by atoms with E-state index in [0.717, 1.165) is 18.4 Å². The lowest BCUT2D eigenvalue weighted by molar-refractivity contribution is 0.416. The molecule has 0 saturated carbocycles. The van der Waals surface area contributed by atoms with Gasteiger partial charge in [0, 0.05) is 18.5 Å². The molecule has 0 amide bonds. The number of nitrogens with one attached hydrogen (secondary N) is 1. The Morgan fingerprint density at radius 3 is 2.69 bits per heavy atom. The second kappa shape index (κ2) is 5.01. The van der Waals surface area contributed by atoms with Crippen molar-refractivity contribution in [2.45, 2.75) is 45.6 Å². The minimum absolute atomic E-state index is 0.646. The number of hydrogen-bond acceptors (Lipinski definition) is 1. The number of rotatable bonds is 5. The van der Waals surface area contributed by atoms with E-state index >= 15 is 0 Å². The van der Waals surface area contributed by atoms with E-state index in [-0.39, 0.29) is 0 Å². The van der Waals surface area contributed by atoms with Crippen molar-refractivity contribution in [3.8, 4) is 0 Å². The van der Waals surface area contributed by atoms with Crippen molar-refractivity contribution in [2.24, 2.45) is 5.92 Å². The van der Waals surface area contributed by atoms with Gasteiger partial charge in [0.2, 0.25) is 0 Å². The first-order valence-corrected chi connectivity index (χ1v) is 6.48. The second-order valence-corrected chi connectivity index (χ2v) is 5.54. The molecule has 88 valence electrons. The van der Waals surface area contributed by atoms with E-state index in [2.05, 4.69) is 50.4 Å². The van der Waals surface area contributed by atoms with E-state index in [4.69, 9.17) is 0 Å². The van der Waals surface area contributed by atoms with Gasteiger partial charge in [-0.3, -0.25) is 0 Å². The van der Waals surface area contributed by atoms with Crippen LogP contribution in [0.25, 0.3) is 0 Å². The fourth-order valence-electron chi connectivity index (χ4n) is 2.68. The quantitative estimate of drug-likeness (QED) is 0.797. The maximum absolute atomic E-state index is 3.66. The molecule has 0 aliphatic heterocycles. The fraction of sp³-hybridized carbons (Fsp3) is 0.600. The van der Waals surface area contributed by atoms with Crippen LogP contribution in [0.15, 0.2) is 24.3 Å². The highest BCUT2D eigenvalue weighted by Crippen LogP contribution is 2.34. The van der Waals surface area contributed by atoms with Crippen molar-refractivity contribution in [1.29, 1.82) is 0 Å². The number of hydrogen-bond donors (Lipinski definition) is 1. The van der Waals surface area contributed by atoms with E-state index in [0.29, 0.717) is 6.04 Å². The molecule has 2 atom stereocenters. The van der Waals surface area contributed by atoms with E-state index in [1.165, 1.54) is 12.8 Å². The summed E-state index contributed by atoms with van der Waals surface area (Å²) < 4.78 is 0. The first-order chi connectivity index (χ1) is 7.66. The van der Waals surface area contributed by atoms with Gasteiger partial charge >= 0.3 is 0 Å². The van der Waals surface area contributed by atoms with Gasteiger partial charge in [0.25, 0.3) is 0 Å². The summed E-state index contributed by atoms with van der Waals surface area (Å²) in [4.78, 5) is 0. The Morgan fingerprint density at radius 1 is 1.25 bits per heavy atom. The van der Waals surface area contributed by atoms with Crippen molar-refractivity contribution in [2.75, 3.05) is 6.54 Å². The Bertz CT molecular complexity index is 343. The highest BCUT2D eigenvalue weighted by atomic mass is 14.9. The molecule has 1 aliphatic rings. The first kappa shape index (κ1) is 11.7. The Labute approximate surface area is 99.3 Å². The minimum Gasteiger partial charge on any atom is -0.314 e. The maximum Gasteiger partial charge on any atom is 0.00414 e. The molecular weight excluding hydrogens is 194 g/mol. The summed E-state index contributed by atoms with van der Waals surface area (Å²) in [6.07, 6.45) is 2.53. The van der Waals surface area contributed by atoms with Gasteiger partial charge in [-0.25, -0.2) is 0 Å². The van der Waals surface area contributed by atoms with Crippen LogP contribution in [0.5, 0.6) is 0 Å². The molecule has 1 N–H and O–H groups in total. The molecule has 0 bridgehead atoms. The maximum atomic E-state index is 3.66. The van der Waals surface area contributed by atoms with Crippen LogP contribution in [0.1, 0.15) is 44.2 Å². The molecule has 1 aliphatic carbocycles. The van der Waals surface area contributed by atoms with Gasteiger partial charge in [-0.1, -0.05) is 38.1 Å².